The van der Waals surface area contributed by atoms with Crippen molar-refractivity contribution in [1.29, 1.82) is 0 Å². The molecule has 1 aromatic rings. The van der Waals surface area contributed by atoms with Crippen molar-refractivity contribution in [2.45, 2.75) is 40.0 Å². The van der Waals surface area contributed by atoms with Gasteiger partial charge in [0.25, 0.3) is 0 Å². The second kappa shape index (κ2) is 7.63. The topological polar surface area (TPSA) is 9.23 Å². The van der Waals surface area contributed by atoms with Gasteiger partial charge in [0, 0.05) is 0 Å². The molecule has 0 radical (unpaired) electrons. The van der Waals surface area contributed by atoms with E-state index in [2.05, 4.69) is 77.5 Å². The first-order valence-corrected chi connectivity index (χ1v) is 12.6. The molecule has 0 aliphatic rings. The second-order valence-corrected chi connectivity index (χ2v) is 13.8. The monoisotopic (exact) mass is 292 g/mol. The maximum Gasteiger partial charge on any atom is 0.198 e. The van der Waals surface area contributed by atoms with Gasteiger partial charge < -0.3 is 4.12 Å². The van der Waals surface area contributed by atoms with E-state index in [0.29, 0.717) is 0 Å². The molecule has 106 valence electrons. The molecule has 0 fully saturated rings. The van der Waals surface area contributed by atoms with Gasteiger partial charge in [0.05, 0.1) is 0 Å². The number of aryl methyl sites for hydroxylation is 2. The number of hydrogen-bond acceptors (Lipinski definition) is 1. The number of rotatable bonds is 4. The summed E-state index contributed by atoms with van der Waals surface area (Å²) < 4.78 is 5.97. The highest BCUT2D eigenvalue weighted by Gasteiger charge is 2.27. The quantitative estimate of drug-likeness (QED) is 0.696. The molecule has 1 aromatic carbocycles. The third-order valence-corrected chi connectivity index (χ3v) is 9.11. The maximum absolute atomic E-state index is 5.97. The summed E-state index contributed by atoms with van der Waals surface area (Å²) in [6.45, 7) is 20.4. The minimum absolute atomic E-state index is 1.37. The summed E-state index contributed by atoms with van der Waals surface area (Å²) in [6.07, 6.45) is 0. The minimum Gasteiger partial charge on any atom is -0.449 e. The first-order chi connectivity index (χ1) is 8.63. The van der Waals surface area contributed by atoms with Crippen molar-refractivity contribution >= 4 is 16.6 Å². The lowest BCUT2D eigenvalue weighted by Gasteiger charge is -2.29. The van der Waals surface area contributed by atoms with Crippen LogP contribution in [0.25, 0.3) is 0 Å². The zero-order chi connectivity index (χ0) is 15.1. The van der Waals surface area contributed by atoms with Gasteiger partial charge in [-0.05, 0) is 51.2 Å². The smallest absolute Gasteiger partial charge is 0.198 e. The van der Waals surface area contributed by atoms with Crippen molar-refractivity contribution < 1.29 is 4.12 Å². The lowest BCUT2D eigenvalue weighted by molar-refractivity contribution is 0.571. The van der Waals surface area contributed by atoms with E-state index < -0.39 is 16.6 Å². The molecule has 0 unspecified atom stereocenters. The van der Waals surface area contributed by atoms with E-state index in [1.54, 1.807) is 0 Å². The van der Waals surface area contributed by atoms with Crippen LogP contribution in [-0.2, 0) is 4.12 Å². The van der Waals surface area contributed by atoms with Crippen molar-refractivity contribution in [3.63, 3.8) is 0 Å². The average Bonchev–Trinajstić information content (AvgIpc) is 2.33. The van der Waals surface area contributed by atoms with Gasteiger partial charge in [0.15, 0.2) is 16.6 Å². The molecular weight excluding hydrogens is 264 g/mol. The Labute approximate surface area is 121 Å². The Hall–Kier alpha value is -0.906. The third kappa shape index (κ3) is 7.98. The molecule has 0 saturated heterocycles. The number of benzene rings is 1. The van der Waals surface area contributed by atoms with Crippen molar-refractivity contribution in [3.05, 3.63) is 59.9 Å². The van der Waals surface area contributed by atoms with Gasteiger partial charge in [-0.15, -0.1) is 13.2 Å². The normalized spacial score (nSPS) is 11.3. The Morgan fingerprint density at radius 1 is 0.842 bits per heavy atom. The van der Waals surface area contributed by atoms with Crippen LogP contribution in [0.5, 0.6) is 0 Å². The van der Waals surface area contributed by atoms with E-state index in [0.717, 1.165) is 0 Å². The second-order valence-electron chi connectivity index (χ2n) is 5.80. The molecule has 0 N–H and O–H groups in total. The van der Waals surface area contributed by atoms with Crippen molar-refractivity contribution in [3.8, 4) is 0 Å². The van der Waals surface area contributed by atoms with E-state index in [9.17, 15) is 0 Å². The fraction of sp³-hybridized carbons (Fsp3) is 0.375. The van der Waals surface area contributed by atoms with Gasteiger partial charge >= 0.3 is 0 Å². The lowest BCUT2D eigenvalue weighted by atomic mass is 10.1. The van der Waals surface area contributed by atoms with Crippen molar-refractivity contribution in [2.24, 2.45) is 0 Å². The largest absolute Gasteiger partial charge is 0.449 e. The van der Waals surface area contributed by atoms with Crippen molar-refractivity contribution in [1.82, 2.24) is 0 Å². The molecule has 3 heteroatoms. The van der Waals surface area contributed by atoms with Crippen LogP contribution in [0.1, 0.15) is 11.1 Å². The summed E-state index contributed by atoms with van der Waals surface area (Å²) >= 11 is 0. The fourth-order valence-corrected chi connectivity index (χ4v) is 7.51. The Kier molecular flexibility index (Phi) is 7.26. The molecule has 0 aliphatic heterocycles. The summed E-state index contributed by atoms with van der Waals surface area (Å²) in [5.74, 6) is 0. The molecular formula is C16H28OSi2. The van der Waals surface area contributed by atoms with Crippen LogP contribution in [0.3, 0.4) is 0 Å². The molecule has 1 nitrogen and oxygen atoms in total. The summed E-state index contributed by atoms with van der Waals surface area (Å²) in [5, 5.41) is 0. The average molecular weight is 293 g/mol. The molecule has 0 aromatic heterocycles. The van der Waals surface area contributed by atoms with Gasteiger partial charge in [-0.2, -0.15) is 0 Å². The fourth-order valence-electron chi connectivity index (χ4n) is 1.42. The number of hydrogen-bond donors (Lipinski definition) is 0. The SMILES string of the molecule is C=C[Si](C)(C)O[Si](C)(C)C=C.Cc1ccccc1C. The van der Waals surface area contributed by atoms with Gasteiger partial charge in [0.1, 0.15) is 0 Å². The minimum atomic E-state index is -1.58. The predicted octanol–water partition coefficient (Wildman–Crippen LogP) is 5.17. The lowest BCUT2D eigenvalue weighted by Crippen LogP contribution is -2.41. The summed E-state index contributed by atoms with van der Waals surface area (Å²) in [7, 11) is -3.16. The molecule has 19 heavy (non-hydrogen) atoms. The van der Waals surface area contributed by atoms with Crippen LogP contribution in [0.15, 0.2) is 48.8 Å². The van der Waals surface area contributed by atoms with E-state index in [1.165, 1.54) is 11.1 Å². The Bertz CT molecular complexity index is 384. The van der Waals surface area contributed by atoms with Crippen LogP contribution < -0.4 is 0 Å². The van der Waals surface area contributed by atoms with Crippen molar-refractivity contribution in [2.75, 3.05) is 0 Å². The Morgan fingerprint density at radius 2 is 1.16 bits per heavy atom. The van der Waals surface area contributed by atoms with Crippen LogP contribution in [-0.4, -0.2) is 16.6 Å². The molecule has 0 aliphatic carbocycles. The first-order valence-electron chi connectivity index (χ1n) is 6.63. The first kappa shape index (κ1) is 18.1. The molecule has 0 bridgehead atoms. The van der Waals surface area contributed by atoms with Gasteiger partial charge in [0.2, 0.25) is 0 Å². The predicted molar refractivity (Wildman–Crippen MR) is 92.4 cm³/mol. The van der Waals surface area contributed by atoms with Gasteiger partial charge in [-0.3, -0.25) is 0 Å². The van der Waals surface area contributed by atoms with Crippen LogP contribution in [0.4, 0.5) is 0 Å². The molecule has 0 heterocycles. The standard InChI is InChI=1S/C8H18OSi2.C8H10/c1-7-10(3,4)9-11(5,6)8-2;1-7-5-3-4-6-8(7)2/h7-8H,1-2H2,3-6H3;3-6H,1-2H3. The summed E-state index contributed by atoms with van der Waals surface area (Å²) in [5.41, 5.74) is 6.66. The highest BCUT2D eigenvalue weighted by Crippen LogP contribution is 2.15. The molecule has 0 amide bonds. The Balaban J connectivity index is 0.000000356. The van der Waals surface area contributed by atoms with Crippen LogP contribution in [0.2, 0.25) is 26.2 Å². The van der Waals surface area contributed by atoms with Crippen LogP contribution >= 0.6 is 0 Å². The molecule has 1 rings (SSSR count). The van der Waals surface area contributed by atoms with Gasteiger partial charge in [-0.25, -0.2) is 0 Å². The van der Waals surface area contributed by atoms with E-state index in [4.69, 9.17) is 4.12 Å². The molecule has 0 saturated carbocycles. The van der Waals surface area contributed by atoms with E-state index in [-0.39, 0.29) is 0 Å². The molecule has 0 spiro atoms. The highest BCUT2D eigenvalue weighted by molar-refractivity contribution is 6.89. The summed E-state index contributed by atoms with van der Waals surface area (Å²) in [6, 6.07) is 8.36. The summed E-state index contributed by atoms with van der Waals surface area (Å²) in [4.78, 5) is 0. The zero-order valence-electron chi connectivity index (χ0n) is 13.3. The Morgan fingerprint density at radius 3 is 1.37 bits per heavy atom. The van der Waals surface area contributed by atoms with Crippen LogP contribution in [0, 0.1) is 13.8 Å². The maximum atomic E-state index is 5.97. The van der Waals surface area contributed by atoms with Gasteiger partial charge in [-0.1, -0.05) is 35.7 Å². The highest BCUT2D eigenvalue weighted by atomic mass is 28.4. The van der Waals surface area contributed by atoms with E-state index >= 15 is 0 Å². The molecule has 0 atom stereocenters. The zero-order valence-corrected chi connectivity index (χ0v) is 15.3. The van der Waals surface area contributed by atoms with E-state index in [1.807, 2.05) is 11.4 Å². The third-order valence-electron chi connectivity index (χ3n) is 2.93.